The number of nitroso groups, excluding NO2 is 1. The Labute approximate surface area is 148 Å². The first kappa shape index (κ1) is 16.6. The third-order valence-corrected chi connectivity index (χ3v) is 5.31. The summed E-state index contributed by atoms with van der Waals surface area (Å²) in [5, 5.41) is 12.9. The molecule has 1 aliphatic carbocycles. The first-order valence-corrected chi connectivity index (χ1v) is 8.82. The standard InChI is InChI=1S/C18H17BrClNO2/c19-16-10-15(17(20)9-14(16)7-8-22)18(21-23)13-5-3-12(4-6-13)11-1-2-11/h3-6,9-11,18,22H,1-2,7-8H2/t18-/m1/s1. The lowest BCUT2D eigenvalue weighted by atomic mass is 9.96. The molecule has 1 atom stereocenters. The number of aliphatic hydroxyl groups excluding tert-OH is 1. The van der Waals surface area contributed by atoms with Gasteiger partial charge in [0.2, 0.25) is 0 Å². The highest BCUT2D eigenvalue weighted by Gasteiger charge is 2.24. The van der Waals surface area contributed by atoms with Gasteiger partial charge in [-0.1, -0.05) is 57.0 Å². The molecular weight excluding hydrogens is 378 g/mol. The second-order valence-corrected chi connectivity index (χ2v) is 7.15. The zero-order valence-electron chi connectivity index (χ0n) is 12.5. The molecule has 1 fully saturated rings. The molecule has 3 nitrogen and oxygen atoms in total. The van der Waals surface area contributed by atoms with Crippen LogP contribution in [0, 0.1) is 4.91 Å². The number of hydrogen-bond acceptors (Lipinski definition) is 3. The van der Waals surface area contributed by atoms with Gasteiger partial charge in [0.1, 0.15) is 6.04 Å². The van der Waals surface area contributed by atoms with E-state index in [0.29, 0.717) is 22.9 Å². The van der Waals surface area contributed by atoms with Gasteiger partial charge in [0, 0.05) is 21.7 Å². The van der Waals surface area contributed by atoms with Crippen molar-refractivity contribution in [3.05, 3.63) is 73.1 Å². The summed E-state index contributed by atoms with van der Waals surface area (Å²) in [4.78, 5) is 11.4. The van der Waals surface area contributed by atoms with Crippen molar-refractivity contribution in [2.45, 2.75) is 31.2 Å². The van der Waals surface area contributed by atoms with E-state index in [0.717, 1.165) is 15.6 Å². The van der Waals surface area contributed by atoms with E-state index in [4.69, 9.17) is 16.7 Å². The van der Waals surface area contributed by atoms with E-state index in [1.807, 2.05) is 18.2 Å². The highest BCUT2D eigenvalue weighted by molar-refractivity contribution is 9.10. The summed E-state index contributed by atoms with van der Waals surface area (Å²) in [6, 6.07) is 11.1. The van der Waals surface area contributed by atoms with Crippen molar-refractivity contribution >= 4 is 27.5 Å². The van der Waals surface area contributed by atoms with Crippen molar-refractivity contribution in [1.82, 2.24) is 0 Å². The van der Waals surface area contributed by atoms with Gasteiger partial charge in [-0.15, -0.1) is 4.91 Å². The van der Waals surface area contributed by atoms with Gasteiger partial charge in [-0.05, 0) is 54.0 Å². The van der Waals surface area contributed by atoms with Gasteiger partial charge in [0.05, 0.1) is 0 Å². The van der Waals surface area contributed by atoms with Crippen molar-refractivity contribution < 1.29 is 5.11 Å². The lowest BCUT2D eigenvalue weighted by molar-refractivity contribution is 0.299. The topological polar surface area (TPSA) is 49.7 Å². The molecule has 2 aromatic rings. The number of benzene rings is 2. The van der Waals surface area contributed by atoms with Gasteiger partial charge in [-0.25, -0.2) is 0 Å². The zero-order chi connectivity index (χ0) is 16.4. The van der Waals surface area contributed by atoms with Crippen LogP contribution in [0.3, 0.4) is 0 Å². The monoisotopic (exact) mass is 393 g/mol. The third-order valence-electron chi connectivity index (χ3n) is 4.25. The molecule has 1 aliphatic rings. The highest BCUT2D eigenvalue weighted by atomic mass is 79.9. The molecule has 0 amide bonds. The van der Waals surface area contributed by atoms with Gasteiger partial charge in [-0.3, -0.25) is 0 Å². The number of rotatable bonds is 6. The smallest absolute Gasteiger partial charge is 0.143 e. The molecule has 3 rings (SSSR count). The lowest BCUT2D eigenvalue weighted by Gasteiger charge is -2.15. The Bertz CT molecular complexity index is 714. The molecule has 5 heteroatoms. The molecule has 0 radical (unpaired) electrons. The van der Waals surface area contributed by atoms with Crippen LogP contribution in [0.15, 0.2) is 46.0 Å². The van der Waals surface area contributed by atoms with Crippen molar-refractivity contribution in [1.29, 1.82) is 0 Å². The Balaban J connectivity index is 1.93. The largest absolute Gasteiger partial charge is 0.396 e. The predicted octanol–water partition coefficient (Wildman–Crippen LogP) is 5.37. The maximum atomic E-state index is 11.4. The average Bonchev–Trinajstić information content (AvgIpc) is 3.38. The molecule has 0 bridgehead atoms. The van der Waals surface area contributed by atoms with E-state index in [1.165, 1.54) is 18.4 Å². The van der Waals surface area contributed by atoms with E-state index in [2.05, 4.69) is 33.2 Å². The first-order chi connectivity index (χ1) is 11.1. The van der Waals surface area contributed by atoms with Crippen LogP contribution in [0.2, 0.25) is 5.02 Å². The number of hydrogen-bond donors (Lipinski definition) is 1. The molecule has 120 valence electrons. The van der Waals surface area contributed by atoms with Crippen LogP contribution in [0.1, 0.15) is 47.1 Å². The molecule has 0 heterocycles. The predicted molar refractivity (Wildman–Crippen MR) is 96.0 cm³/mol. The second-order valence-electron chi connectivity index (χ2n) is 5.89. The molecule has 1 N–H and O–H groups in total. The lowest BCUT2D eigenvalue weighted by Crippen LogP contribution is -2.01. The molecule has 1 saturated carbocycles. The summed E-state index contributed by atoms with van der Waals surface area (Å²) < 4.78 is 0.828. The van der Waals surface area contributed by atoms with Crippen LogP contribution in [-0.2, 0) is 6.42 Å². The third kappa shape index (κ3) is 3.65. The molecule has 0 saturated heterocycles. The molecule has 0 aliphatic heterocycles. The van der Waals surface area contributed by atoms with Crippen LogP contribution in [0.25, 0.3) is 0 Å². The summed E-state index contributed by atoms with van der Waals surface area (Å²) in [7, 11) is 0. The fraction of sp³-hybridized carbons (Fsp3) is 0.333. The Morgan fingerprint density at radius 1 is 1.26 bits per heavy atom. The Morgan fingerprint density at radius 2 is 1.96 bits per heavy atom. The maximum absolute atomic E-state index is 11.4. The quantitative estimate of drug-likeness (QED) is 0.670. The first-order valence-electron chi connectivity index (χ1n) is 7.65. The Kier molecular flexibility index (Phi) is 5.14. The minimum absolute atomic E-state index is 0.0479. The fourth-order valence-electron chi connectivity index (χ4n) is 2.79. The molecule has 0 spiro atoms. The van der Waals surface area contributed by atoms with E-state index >= 15 is 0 Å². The van der Waals surface area contributed by atoms with Crippen LogP contribution in [0.4, 0.5) is 0 Å². The molecular formula is C18H17BrClNO2. The van der Waals surface area contributed by atoms with Crippen molar-refractivity contribution in [2.24, 2.45) is 5.18 Å². The van der Waals surface area contributed by atoms with Crippen molar-refractivity contribution in [3.63, 3.8) is 0 Å². The number of halogens is 2. The minimum Gasteiger partial charge on any atom is -0.396 e. The van der Waals surface area contributed by atoms with Gasteiger partial charge in [0.25, 0.3) is 0 Å². The number of aliphatic hydroxyl groups is 1. The Morgan fingerprint density at radius 3 is 2.52 bits per heavy atom. The fourth-order valence-corrected chi connectivity index (χ4v) is 3.64. The highest BCUT2D eigenvalue weighted by Crippen LogP contribution is 2.41. The average molecular weight is 395 g/mol. The van der Waals surface area contributed by atoms with E-state index in [9.17, 15) is 4.91 Å². The summed E-state index contributed by atoms with van der Waals surface area (Å²) in [5.74, 6) is 0.683. The van der Waals surface area contributed by atoms with Crippen molar-refractivity contribution in [2.75, 3.05) is 6.61 Å². The maximum Gasteiger partial charge on any atom is 0.143 e. The zero-order valence-corrected chi connectivity index (χ0v) is 14.8. The number of nitrogens with zero attached hydrogens (tertiary/aromatic N) is 1. The van der Waals surface area contributed by atoms with E-state index < -0.39 is 6.04 Å². The minimum atomic E-state index is -0.629. The SMILES string of the molecule is O=N[C@H](c1ccc(C2CC2)cc1)c1cc(Br)c(CCO)cc1Cl. The van der Waals surface area contributed by atoms with Crippen LogP contribution in [-0.4, -0.2) is 11.7 Å². The van der Waals surface area contributed by atoms with Gasteiger partial charge < -0.3 is 5.11 Å². The summed E-state index contributed by atoms with van der Waals surface area (Å²) in [6.45, 7) is 0.0479. The van der Waals surface area contributed by atoms with Crippen LogP contribution in [0.5, 0.6) is 0 Å². The Hall–Kier alpha value is -1.23. The van der Waals surface area contributed by atoms with Crippen LogP contribution < -0.4 is 0 Å². The van der Waals surface area contributed by atoms with Gasteiger partial charge in [-0.2, -0.15) is 0 Å². The van der Waals surface area contributed by atoms with Crippen molar-refractivity contribution in [3.8, 4) is 0 Å². The summed E-state index contributed by atoms with van der Waals surface area (Å²) >= 11 is 9.83. The van der Waals surface area contributed by atoms with E-state index in [-0.39, 0.29) is 6.61 Å². The van der Waals surface area contributed by atoms with E-state index in [1.54, 1.807) is 6.07 Å². The molecule has 0 unspecified atom stereocenters. The summed E-state index contributed by atoms with van der Waals surface area (Å²) in [5.41, 5.74) is 3.75. The summed E-state index contributed by atoms with van der Waals surface area (Å²) in [6.07, 6.45) is 3.01. The molecule has 23 heavy (non-hydrogen) atoms. The second kappa shape index (κ2) is 7.12. The molecule has 2 aromatic carbocycles. The van der Waals surface area contributed by atoms with Gasteiger partial charge >= 0.3 is 0 Å². The normalized spacial score (nSPS) is 15.4. The van der Waals surface area contributed by atoms with Gasteiger partial charge in [0.15, 0.2) is 0 Å². The molecule has 0 aromatic heterocycles. The van der Waals surface area contributed by atoms with Crippen LogP contribution >= 0.6 is 27.5 Å².